The van der Waals surface area contributed by atoms with Crippen LogP contribution in [0.15, 0.2) is 34.9 Å². The van der Waals surface area contributed by atoms with Crippen LogP contribution in [-0.2, 0) is 6.54 Å². The average molecular weight is 350 g/mol. The standard InChI is InChI=1S/C12H8BrCl2FN2/c13-11-4-10(6-18-12(11)15)17-5-7-1-8(14)3-9(16)2-7/h1-4,6,17H,5H2. The lowest BCUT2D eigenvalue weighted by Crippen LogP contribution is -2.00. The molecule has 0 spiro atoms. The number of nitrogens with one attached hydrogen (secondary N) is 1. The second kappa shape index (κ2) is 5.87. The minimum absolute atomic E-state index is 0.352. The van der Waals surface area contributed by atoms with Gasteiger partial charge in [-0.15, -0.1) is 0 Å². The van der Waals surface area contributed by atoms with E-state index < -0.39 is 0 Å². The van der Waals surface area contributed by atoms with Crippen LogP contribution in [0, 0.1) is 5.82 Å². The smallest absolute Gasteiger partial charge is 0.143 e. The fraction of sp³-hybridized carbons (Fsp3) is 0.0833. The van der Waals surface area contributed by atoms with Gasteiger partial charge in [-0.2, -0.15) is 0 Å². The monoisotopic (exact) mass is 348 g/mol. The molecule has 1 aromatic carbocycles. The molecule has 0 aliphatic heterocycles. The van der Waals surface area contributed by atoms with Crippen LogP contribution in [0.1, 0.15) is 5.56 Å². The molecule has 18 heavy (non-hydrogen) atoms. The number of benzene rings is 1. The number of hydrogen-bond acceptors (Lipinski definition) is 2. The Balaban J connectivity index is 2.08. The van der Waals surface area contributed by atoms with Crippen LogP contribution in [0.25, 0.3) is 0 Å². The Labute approximate surface area is 122 Å². The van der Waals surface area contributed by atoms with E-state index >= 15 is 0 Å². The predicted octanol–water partition coefficient (Wildman–Crippen LogP) is 4.90. The first kappa shape index (κ1) is 13.6. The Morgan fingerprint density at radius 1 is 1.22 bits per heavy atom. The summed E-state index contributed by atoms with van der Waals surface area (Å²) in [7, 11) is 0. The van der Waals surface area contributed by atoms with Gasteiger partial charge in [0.2, 0.25) is 0 Å². The fourth-order valence-corrected chi connectivity index (χ4v) is 2.13. The SMILES string of the molecule is Fc1cc(Cl)cc(CNc2cnc(Cl)c(Br)c2)c1. The molecular formula is C12H8BrCl2FN2. The number of halogens is 4. The number of rotatable bonds is 3. The third-order valence-corrected chi connectivity index (χ3v) is 3.57. The summed E-state index contributed by atoms with van der Waals surface area (Å²) >= 11 is 14.8. The molecule has 2 nitrogen and oxygen atoms in total. The van der Waals surface area contributed by atoms with Gasteiger partial charge in [-0.25, -0.2) is 9.37 Å². The summed E-state index contributed by atoms with van der Waals surface area (Å²) in [5.74, 6) is -0.352. The summed E-state index contributed by atoms with van der Waals surface area (Å²) in [6.07, 6.45) is 1.61. The predicted molar refractivity (Wildman–Crippen MR) is 75.7 cm³/mol. The van der Waals surface area contributed by atoms with E-state index in [-0.39, 0.29) is 5.82 Å². The summed E-state index contributed by atoms with van der Waals surface area (Å²) in [6, 6.07) is 6.20. The molecule has 0 amide bonds. The Morgan fingerprint density at radius 3 is 2.67 bits per heavy atom. The van der Waals surface area contributed by atoms with Gasteiger partial charge in [0.25, 0.3) is 0 Å². The van der Waals surface area contributed by atoms with Crippen LogP contribution in [0.4, 0.5) is 10.1 Å². The maximum Gasteiger partial charge on any atom is 0.143 e. The van der Waals surface area contributed by atoms with Crippen molar-refractivity contribution < 1.29 is 4.39 Å². The fourth-order valence-electron chi connectivity index (χ4n) is 1.44. The Hall–Kier alpha value is -0.840. The number of nitrogens with zero attached hydrogens (tertiary/aromatic N) is 1. The first-order chi connectivity index (χ1) is 8.54. The Bertz CT molecular complexity index is 558. The molecule has 0 bridgehead atoms. The molecule has 2 aromatic rings. The van der Waals surface area contributed by atoms with Crippen molar-refractivity contribution in [1.82, 2.24) is 4.98 Å². The Morgan fingerprint density at radius 2 is 2.00 bits per heavy atom. The topological polar surface area (TPSA) is 24.9 Å². The molecular weight excluding hydrogens is 342 g/mol. The minimum atomic E-state index is -0.352. The van der Waals surface area contributed by atoms with E-state index in [1.807, 2.05) is 0 Å². The lowest BCUT2D eigenvalue weighted by Gasteiger charge is -2.07. The third-order valence-electron chi connectivity index (χ3n) is 2.22. The molecule has 0 atom stereocenters. The van der Waals surface area contributed by atoms with E-state index in [9.17, 15) is 4.39 Å². The van der Waals surface area contributed by atoms with E-state index in [0.717, 1.165) is 11.3 Å². The second-order valence-corrected chi connectivity index (χ2v) is 5.28. The summed E-state index contributed by atoms with van der Waals surface area (Å²) in [6.45, 7) is 0.452. The quantitative estimate of drug-likeness (QED) is 0.797. The first-order valence-corrected chi connectivity index (χ1v) is 6.59. The van der Waals surface area contributed by atoms with Crippen LogP contribution in [0.3, 0.4) is 0 Å². The highest BCUT2D eigenvalue weighted by Gasteiger charge is 2.02. The zero-order valence-electron chi connectivity index (χ0n) is 9.05. The lowest BCUT2D eigenvalue weighted by molar-refractivity contribution is 0.626. The molecule has 0 radical (unpaired) electrons. The van der Waals surface area contributed by atoms with Crippen molar-refractivity contribution in [1.29, 1.82) is 0 Å². The zero-order chi connectivity index (χ0) is 13.1. The molecule has 0 saturated carbocycles. The molecule has 94 valence electrons. The number of hydrogen-bond donors (Lipinski definition) is 1. The van der Waals surface area contributed by atoms with Crippen molar-refractivity contribution >= 4 is 44.8 Å². The van der Waals surface area contributed by atoms with E-state index in [2.05, 4.69) is 26.2 Å². The molecule has 1 heterocycles. The van der Waals surface area contributed by atoms with Crippen LogP contribution in [-0.4, -0.2) is 4.98 Å². The van der Waals surface area contributed by atoms with Gasteiger partial charge in [-0.1, -0.05) is 23.2 Å². The molecule has 1 aromatic heterocycles. The second-order valence-electron chi connectivity index (χ2n) is 3.63. The number of aromatic nitrogens is 1. The van der Waals surface area contributed by atoms with Crippen molar-refractivity contribution in [2.45, 2.75) is 6.54 Å². The van der Waals surface area contributed by atoms with Gasteiger partial charge in [-0.3, -0.25) is 0 Å². The van der Waals surface area contributed by atoms with Gasteiger partial charge in [0.1, 0.15) is 11.0 Å². The molecule has 2 rings (SSSR count). The molecule has 0 fully saturated rings. The van der Waals surface area contributed by atoms with Crippen molar-refractivity contribution in [3.05, 3.63) is 56.5 Å². The van der Waals surface area contributed by atoms with E-state index in [1.165, 1.54) is 12.1 Å². The third kappa shape index (κ3) is 3.57. The maximum atomic E-state index is 13.1. The molecule has 1 N–H and O–H groups in total. The van der Waals surface area contributed by atoms with Gasteiger partial charge < -0.3 is 5.32 Å². The van der Waals surface area contributed by atoms with Crippen LogP contribution >= 0.6 is 39.1 Å². The highest BCUT2D eigenvalue weighted by atomic mass is 79.9. The Kier molecular flexibility index (Phi) is 4.43. The minimum Gasteiger partial charge on any atom is -0.380 e. The average Bonchev–Trinajstić information content (AvgIpc) is 2.29. The maximum absolute atomic E-state index is 13.1. The highest BCUT2D eigenvalue weighted by Crippen LogP contribution is 2.23. The molecule has 0 aliphatic carbocycles. The van der Waals surface area contributed by atoms with E-state index in [4.69, 9.17) is 23.2 Å². The van der Waals surface area contributed by atoms with Gasteiger partial charge in [0.05, 0.1) is 16.4 Å². The van der Waals surface area contributed by atoms with Crippen LogP contribution in [0.5, 0.6) is 0 Å². The number of pyridine rings is 1. The largest absolute Gasteiger partial charge is 0.380 e. The zero-order valence-corrected chi connectivity index (χ0v) is 12.2. The van der Waals surface area contributed by atoms with Gasteiger partial charge in [0, 0.05) is 11.6 Å². The molecule has 6 heteroatoms. The van der Waals surface area contributed by atoms with Gasteiger partial charge in [-0.05, 0) is 45.8 Å². The molecule has 0 saturated heterocycles. The lowest BCUT2D eigenvalue weighted by atomic mass is 10.2. The normalized spacial score (nSPS) is 10.4. The van der Waals surface area contributed by atoms with Crippen molar-refractivity contribution in [3.63, 3.8) is 0 Å². The summed E-state index contributed by atoms with van der Waals surface area (Å²) in [5.41, 5.74) is 1.54. The first-order valence-electron chi connectivity index (χ1n) is 5.04. The van der Waals surface area contributed by atoms with Gasteiger partial charge in [0.15, 0.2) is 0 Å². The molecule has 0 aliphatic rings. The summed E-state index contributed by atoms with van der Waals surface area (Å²) in [4.78, 5) is 3.98. The summed E-state index contributed by atoms with van der Waals surface area (Å²) < 4.78 is 13.8. The van der Waals surface area contributed by atoms with Gasteiger partial charge >= 0.3 is 0 Å². The van der Waals surface area contributed by atoms with Crippen molar-refractivity contribution in [2.24, 2.45) is 0 Å². The number of anilines is 1. The van der Waals surface area contributed by atoms with E-state index in [0.29, 0.717) is 21.2 Å². The highest BCUT2D eigenvalue weighted by molar-refractivity contribution is 9.10. The van der Waals surface area contributed by atoms with Crippen LogP contribution in [0.2, 0.25) is 10.2 Å². The van der Waals surface area contributed by atoms with Crippen molar-refractivity contribution in [3.8, 4) is 0 Å². The van der Waals surface area contributed by atoms with E-state index in [1.54, 1.807) is 18.3 Å². The van der Waals surface area contributed by atoms with Crippen molar-refractivity contribution in [2.75, 3.05) is 5.32 Å². The summed E-state index contributed by atoms with van der Waals surface area (Å²) in [5, 5.41) is 3.88. The van der Waals surface area contributed by atoms with Crippen LogP contribution < -0.4 is 5.32 Å². The molecule has 0 unspecified atom stereocenters.